The van der Waals surface area contributed by atoms with E-state index in [9.17, 15) is 8.78 Å². The van der Waals surface area contributed by atoms with Crippen molar-refractivity contribution in [1.82, 2.24) is 15.5 Å². The van der Waals surface area contributed by atoms with Crippen LogP contribution in [0.1, 0.15) is 24.2 Å². The first kappa shape index (κ1) is 14.4. The smallest absolute Gasteiger partial charge is 0.264 e. The van der Waals surface area contributed by atoms with Crippen LogP contribution in [0.2, 0.25) is 0 Å². The number of hydrogen-bond donors (Lipinski definition) is 1. The van der Waals surface area contributed by atoms with Crippen molar-refractivity contribution in [2.24, 2.45) is 0 Å². The topological polar surface area (TPSA) is 60.2 Å². The third-order valence-electron chi connectivity index (χ3n) is 2.55. The number of nitrogens with zero attached hydrogens (tertiary/aromatic N) is 2. The summed E-state index contributed by atoms with van der Waals surface area (Å²) in [6.45, 7) is 4.49. The van der Waals surface area contributed by atoms with Gasteiger partial charge in [0.1, 0.15) is 0 Å². The van der Waals surface area contributed by atoms with Crippen LogP contribution in [0.4, 0.5) is 8.78 Å². The molecule has 0 saturated carbocycles. The van der Waals surface area contributed by atoms with Crippen molar-refractivity contribution in [3.8, 4) is 5.75 Å². The van der Waals surface area contributed by atoms with Crippen LogP contribution in [0, 0.1) is 18.6 Å². The first-order chi connectivity index (χ1) is 9.60. The lowest BCUT2D eigenvalue weighted by Gasteiger charge is -2.09. The molecule has 0 aliphatic carbocycles. The largest absolute Gasteiger partial charge is 0.478 e. The summed E-state index contributed by atoms with van der Waals surface area (Å²) >= 11 is 0. The Bertz CT molecular complexity index is 564. The molecule has 1 heterocycles. The summed E-state index contributed by atoms with van der Waals surface area (Å²) in [5.74, 6) is -1.35. The van der Waals surface area contributed by atoms with Gasteiger partial charge in [-0.1, -0.05) is 12.1 Å². The number of nitrogens with one attached hydrogen (secondary N) is 1. The summed E-state index contributed by atoms with van der Waals surface area (Å²) in [5.41, 5.74) is 0.517. The minimum Gasteiger partial charge on any atom is -0.478 e. The van der Waals surface area contributed by atoms with Crippen LogP contribution in [-0.4, -0.2) is 16.7 Å². The quantitative estimate of drug-likeness (QED) is 0.881. The molecule has 0 amide bonds. The molecule has 1 aromatic carbocycles. The molecule has 0 saturated heterocycles. The molecule has 1 N–H and O–H groups in total. The van der Waals surface area contributed by atoms with E-state index in [1.165, 1.54) is 12.1 Å². The first-order valence-electron chi connectivity index (χ1n) is 6.20. The predicted molar refractivity (Wildman–Crippen MR) is 67.1 cm³/mol. The molecule has 2 rings (SSSR count). The van der Waals surface area contributed by atoms with E-state index in [-0.39, 0.29) is 12.5 Å². The number of aryl methyl sites for hydroxylation is 1. The fourth-order valence-electron chi connectivity index (χ4n) is 1.65. The van der Waals surface area contributed by atoms with Crippen molar-refractivity contribution >= 4 is 0 Å². The van der Waals surface area contributed by atoms with Gasteiger partial charge >= 0.3 is 0 Å². The van der Waals surface area contributed by atoms with Crippen LogP contribution in [-0.2, 0) is 13.2 Å². The van der Waals surface area contributed by atoms with E-state index in [2.05, 4.69) is 15.5 Å². The Morgan fingerprint density at radius 2 is 2.00 bits per heavy atom. The molecule has 2 aromatic rings. The Balaban J connectivity index is 2.07. The highest BCUT2D eigenvalue weighted by molar-refractivity contribution is 5.31. The molecule has 5 nitrogen and oxygen atoms in total. The second-order valence-electron chi connectivity index (χ2n) is 4.19. The maximum Gasteiger partial charge on any atom is 0.264 e. The molecular formula is C13H15F2N3O2. The first-order valence-corrected chi connectivity index (χ1v) is 6.20. The molecule has 108 valence electrons. The Labute approximate surface area is 114 Å². The van der Waals surface area contributed by atoms with Crippen LogP contribution in [0.15, 0.2) is 16.7 Å². The van der Waals surface area contributed by atoms with Gasteiger partial charge in [-0.25, -0.2) is 8.78 Å². The average molecular weight is 283 g/mol. The van der Waals surface area contributed by atoms with E-state index in [1.54, 1.807) is 6.92 Å². The second kappa shape index (κ2) is 6.42. The standard InChI is InChI=1S/C13H15F2N3O2/c1-3-16-6-9-4-10(14)13(11(15)5-9)19-7-12-17-8(2)18-20-12/h4-5,16H,3,6-7H2,1-2H3. The van der Waals surface area contributed by atoms with E-state index in [1.807, 2.05) is 6.92 Å². The summed E-state index contributed by atoms with van der Waals surface area (Å²) in [5, 5.41) is 6.55. The number of rotatable bonds is 6. The van der Waals surface area contributed by atoms with Gasteiger partial charge in [-0.3, -0.25) is 0 Å². The fraction of sp³-hybridized carbons (Fsp3) is 0.385. The van der Waals surface area contributed by atoms with Gasteiger partial charge in [-0.2, -0.15) is 4.98 Å². The predicted octanol–water partition coefficient (Wildman–Crippen LogP) is 2.34. The van der Waals surface area contributed by atoms with Gasteiger partial charge in [0.15, 0.2) is 29.8 Å². The van der Waals surface area contributed by atoms with Crippen molar-refractivity contribution in [3.05, 3.63) is 41.0 Å². The van der Waals surface area contributed by atoms with Gasteiger partial charge in [0.05, 0.1) is 0 Å². The van der Waals surface area contributed by atoms with Crippen LogP contribution in [0.25, 0.3) is 0 Å². The second-order valence-corrected chi connectivity index (χ2v) is 4.19. The third kappa shape index (κ3) is 3.51. The monoisotopic (exact) mass is 283 g/mol. The van der Waals surface area contributed by atoms with E-state index < -0.39 is 17.4 Å². The third-order valence-corrected chi connectivity index (χ3v) is 2.55. The van der Waals surface area contributed by atoms with E-state index >= 15 is 0 Å². The SMILES string of the molecule is CCNCc1cc(F)c(OCc2nc(C)no2)c(F)c1. The van der Waals surface area contributed by atoms with Gasteiger partial charge < -0.3 is 14.6 Å². The summed E-state index contributed by atoms with van der Waals surface area (Å²) in [7, 11) is 0. The lowest BCUT2D eigenvalue weighted by Crippen LogP contribution is -2.12. The van der Waals surface area contributed by atoms with Gasteiger partial charge in [0.2, 0.25) is 0 Å². The zero-order valence-corrected chi connectivity index (χ0v) is 11.2. The van der Waals surface area contributed by atoms with Crippen molar-refractivity contribution in [1.29, 1.82) is 0 Å². The Hall–Kier alpha value is -2.02. The molecule has 0 radical (unpaired) electrons. The fourth-order valence-corrected chi connectivity index (χ4v) is 1.65. The van der Waals surface area contributed by atoms with E-state index in [0.29, 0.717) is 17.9 Å². The molecule has 7 heteroatoms. The molecule has 0 spiro atoms. The number of benzene rings is 1. The molecule has 0 bridgehead atoms. The van der Waals surface area contributed by atoms with Crippen LogP contribution in [0.3, 0.4) is 0 Å². The van der Waals surface area contributed by atoms with Gasteiger partial charge in [0, 0.05) is 6.54 Å². The zero-order valence-electron chi connectivity index (χ0n) is 11.2. The number of aromatic nitrogens is 2. The molecule has 0 aliphatic rings. The maximum absolute atomic E-state index is 13.8. The molecule has 0 atom stereocenters. The number of ether oxygens (including phenoxy) is 1. The lowest BCUT2D eigenvalue weighted by atomic mass is 10.2. The highest BCUT2D eigenvalue weighted by Gasteiger charge is 2.14. The summed E-state index contributed by atoms with van der Waals surface area (Å²) in [6.07, 6.45) is 0. The molecule has 0 fully saturated rings. The Morgan fingerprint density at radius 3 is 2.55 bits per heavy atom. The summed E-state index contributed by atoms with van der Waals surface area (Å²) < 4.78 is 37.4. The summed E-state index contributed by atoms with van der Waals surface area (Å²) in [4.78, 5) is 3.89. The number of halogens is 2. The Morgan fingerprint density at radius 1 is 1.30 bits per heavy atom. The molecule has 0 unspecified atom stereocenters. The van der Waals surface area contributed by atoms with Gasteiger partial charge in [0.25, 0.3) is 5.89 Å². The van der Waals surface area contributed by atoms with E-state index in [4.69, 9.17) is 9.26 Å². The molecule has 0 aliphatic heterocycles. The molecule has 1 aromatic heterocycles. The highest BCUT2D eigenvalue weighted by Crippen LogP contribution is 2.24. The highest BCUT2D eigenvalue weighted by atomic mass is 19.1. The van der Waals surface area contributed by atoms with Crippen molar-refractivity contribution < 1.29 is 18.0 Å². The minimum absolute atomic E-state index is 0.165. The van der Waals surface area contributed by atoms with Crippen molar-refractivity contribution in [3.63, 3.8) is 0 Å². The number of hydrogen-bond acceptors (Lipinski definition) is 5. The Kier molecular flexibility index (Phi) is 4.62. The normalized spacial score (nSPS) is 10.8. The van der Waals surface area contributed by atoms with Gasteiger partial charge in [-0.15, -0.1) is 0 Å². The average Bonchev–Trinajstić information content (AvgIpc) is 2.81. The summed E-state index contributed by atoms with van der Waals surface area (Å²) in [6, 6.07) is 2.47. The maximum atomic E-state index is 13.8. The van der Waals surface area contributed by atoms with Crippen LogP contribution in [0.5, 0.6) is 5.75 Å². The van der Waals surface area contributed by atoms with Crippen molar-refractivity contribution in [2.75, 3.05) is 6.54 Å². The molecule has 20 heavy (non-hydrogen) atoms. The van der Waals surface area contributed by atoms with Crippen LogP contribution >= 0.6 is 0 Å². The zero-order chi connectivity index (χ0) is 14.5. The lowest BCUT2D eigenvalue weighted by molar-refractivity contribution is 0.224. The van der Waals surface area contributed by atoms with Crippen LogP contribution < -0.4 is 10.1 Å². The minimum atomic E-state index is -0.755. The van der Waals surface area contributed by atoms with Gasteiger partial charge in [-0.05, 0) is 31.2 Å². The molecular weight excluding hydrogens is 268 g/mol. The van der Waals surface area contributed by atoms with Crippen molar-refractivity contribution in [2.45, 2.75) is 27.0 Å². The van der Waals surface area contributed by atoms with E-state index in [0.717, 1.165) is 6.54 Å².